The summed E-state index contributed by atoms with van der Waals surface area (Å²) in [6, 6.07) is 18.0. The molecule has 2 atom stereocenters. The summed E-state index contributed by atoms with van der Waals surface area (Å²) >= 11 is -0.581. The van der Waals surface area contributed by atoms with Crippen molar-refractivity contribution in [2.75, 3.05) is 0 Å². The van der Waals surface area contributed by atoms with Crippen molar-refractivity contribution in [3.05, 3.63) is 82.9 Å². The molecule has 116 valence electrons. The van der Waals surface area contributed by atoms with Crippen LogP contribution in [0.2, 0.25) is 0 Å². The summed E-state index contributed by atoms with van der Waals surface area (Å²) in [7, 11) is 0. The van der Waals surface area contributed by atoms with Crippen LogP contribution >= 0.6 is 0 Å². The zero-order valence-corrected chi connectivity index (χ0v) is 16.9. The Kier molecular flexibility index (Phi) is 6.49. The summed E-state index contributed by atoms with van der Waals surface area (Å²) in [5.74, 6) is 0. The largest absolute Gasteiger partial charge is 1.00 e. The summed E-state index contributed by atoms with van der Waals surface area (Å²) in [6.45, 7) is 2.28. The molecule has 2 aromatic rings. The van der Waals surface area contributed by atoms with Crippen LogP contribution < -0.4 is 24.8 Å². The van der Waals surface area contributed by atoms with Crippen LogP contribution in [0.25, 0.3) is 11.6 Å². The quantitative estimate of drug-likeness (QED) is 0.622. The van der Waals surface area contributed by atoms with Crippen LogP contribution in [0.4, 0.5) is 0 Å². The molecule has 0 saturated carbocycles. The number of fused-ring (bicyclic) bond motifs is 2. The fraction of sp³-hybridized carbons (Fsp3) is 0.200. The summed E-state index contributed by atoms with van der Waals surface area (Å²) < 4.78 is 1.47. The monoisotopic (exact) mass is 418 g/mol. The van der Waals surface area contributed by atoms with Crippen molar-refractivity contribution in [3.8, 4) is 0 Å². The van der Waals surface area contributed by atoms with E-state index in [0.29, 0.717) is 0 Å². The average molecular weight is 420 g/mol. The van der Waals surface area contributed by atoms with Gasteiger partial charge in [0, 0.05) is 0 Å². The van der Waals surface area contributed by atoms with Crippen molar-refractivity contribution in [2.45, 2.75) is 20.6 Å². The molecule has 0 nitrogen and oxygen atoms in total. The minimum atomic E-state index is -0.581. The van der Waals surface area contributed by atoms with Gasteiger partial charge in [-0.15, -0.1) is 0 Å². The second-order valence-corrected chi connectivity index (χ2v) is 9.62. The van der Waals surface area contributed by atoms with Gasteiger partial charge in [-0.1, -0.05) is 0 Å². The van der Waals surface area contributed by atoms with Crippen molar-refractivity contribution < 1.29 is 48.0 Å². The maximum atomic E-state index is 2.58. The van der Waals surface area contributed by atoms with Crippen LogP contribution in [-0.4, -0.2) is 0 Å². The van der Waals surface area contributed by atoms with Crippen LogP contribution in [0, 0.1) is 0 Å². The molecule has 2 aromatic carbocycles. The van der Waals surface area contributed by atoms with Crippen molar-refractivity contribution in [2.24, 2.45) is 0 Å². The van der Waals surface area contributed by atoms with Gasteiger partial charge in [0.05, 0.1) is 0 Å². The number of rotatable bonds is 3. The maximum Gasteiger partial charge on any atom is -1.00 e. The van der Waals surface area contributed by atoms with Gasteiger partial charge in [0.25, 0.3) is 0 Å². The zero-order chi connectivity index (χ0) is 14.2. The van der Waals surface area contributed by atoms with E-state index in [0.717, 1.165) is 13.7 Å². The average Bonchev–Trinajstić information content (AvgIpc) is 3.10. The van der Waals surface area contributed by atoms with Crippen LogP contribution in [-0.2, 0) is 23.2 Å². The first-order chi connectivity index (χ1) is 10.4. The Morgan fingerprint density at radius 1 is 0.870 bits per heavy atom. The molecule has 2 aliphatic rings. The van der Waals surface area contributed by atoms with Crippen molar-refractivity contribution in [3.63, 3.8) is 0 Å². The van der Waals surface area contributed by atoms with E-state index in [1.54, 1.807) is 16.7 Å². The van der Waals surface area contributed by atoms with Gasteiger partial charge in [0.2, 0.25) is 0 Å². The molecular weight excluding hydrogens is 402 g/mol. The van der Waals surface area contributed by atoms with Gasteiger partial charge < -0.3 is 24.8 Å². The van der Waals surface area contributed by atoms with E-state index < -0.39 is 23.2 Å². The first kappa shape index (κ1) is 18.7. The third-order valence-electron chi connectivity index (χ3n) is 4.55. The van der Waals surface area contributed by atoms with Crippen molar-refractivity contribution >= 4 is 11.6 Å². The molecule has 2 unspecified atom stereocenters. The summed E-state index contributed by atoms with van der Waals surface area (Å²) in [4.78, 5) is 0. The molecule has 3 heteroatoms. The summed E-state index contributed by atoms with van der Waals surface area (Å²) in [5.41, 5.74) is 7.68. The maximum absolute atomic E-state index is 2.58. The molecule has 0 aliphatic heterocycles. The second-order valence-electron chi connectivity index (χ2n) is 5.74. The Bertz CT molecular complexity index is 749. The van der Waals surface area contributed by atoms with E-state index in [1.807, 2.05) is 0 Å². The van der Waals surface area contributed by atoms with Crippen LogP contribution in [0.15, 0.2) is 60.7 Å². The van der Waals surface area contributed by atoms with Gasteiger partial charge in [-0.3, -0.25) is 0 Å². The van der Waals surface area contributed by atoms with Crippen molar-refractivity contribution in [1.82, 2.24) is 0 Å². The SMILES string of the molecule is CCC1=C[CH]([Zr+2][CH]2C=Cc3ccccc32)c2ccccc21.[Cl-].[Cl-]. The molecule has 0 radical (unpaired) electrons. The molecule has 0 heterocycles. The number of halogens is 2. The Morgan fingerprint density at radius 2 is 1.57 bits per heavy atom. The molecule has 23 heavy (non-hydrogen) atoms. The fourth-order valence-corrected chi connectivity index (χ4v) is 7.82. The minimum absolute atomic E-state index is 0. The van der Waals surface area contributed by atoms with E-state index in [1.165, 1.54) is 11.1 Å². The molecule has 0 fully saturated rings. The van der Waals surface area contributed by atoms with Gasteiger partial charge in [-0.2, -0.15) is 0 Å². The molecule has 0 saturated heterocycles. The summed E-state index contributed by atoms with van der Waals surface area (Å²) in [6.07, 6.45) is 8.51. The second kappa shape index (κ2) is 7.97. The molecule has 0 bridgehead atoms. The molecule has 2 aliphatic carbocycles. The summed E-state index contributed by atoms with van der Waals surface area (Å²) in [5, 5.41) is 0. The van der Waals surface area contributed by atoms with E-state index in [-0.39, 0.29) is 24.8 Å². The minimum Gasteiger partial charge on any atom is -1.00 e. The van der Waals surface area contributed by atoms with Crippen molar-refractivity contribution in [1.29, 1.82) is 0 Å². The standard InChI is InChI=1S/C11H11.C9H7.2ClH.Zr/c1-2-9-7-8-10-5-3-4-6-11(9)10;1-2-5-9-7-3-6-8(9)4-1;;;/h3-8H,2H2,1H3;1-7H;2*1H;/q;;;;+2/p-2. The third kappa shape index (κ3) is 3.43. The van der Waals surface area contributed by atoms with Gasteiger partial charge >= 0.3 is 138 Å². The molecule has 0 amide bonds. The Morgan fingerprint density at radius 3 is 2.35 bits per heavy atom. The predicted molar refractivity (Wildman–Crippen MR) is 85.7 cm³/mol. The topological polar surface area (TPSA) is 0 Å². The number of hydrogen-bond donors (Lipinski definition) is 0. The molecular formula is C20H18Cl2Zr. The van der Waals surface area contributed by atoms with E-state index in [4.69, 9.17) is 0 Å². The Hall–Kier alpha value is -0.617. The Labute approximate surface area is 162 Å². The Balaban J connectivity index is 0.000000960. The van der Waals surface area contributed by atoms with Gasteiger partial charge in [0.15, 0.2) is 0 Å². The van der Waals surface area contributed by atoms with Gasteiger partial charge in [-0.05, 0) is 0 Å². The van der Waals surface area contributed by atoms with Gasteiger partial charge in [-0.25, -0.2) is 0 Å². The van der Waals surface area contributed by atoms with Gasteiger partial charge in [0.1, 0.15) is 0 Å². The number of allylic oxidation sites excluding steroid dienone is 3. The number of hydrogen-bond acceptors (Lipinski definition) is 0. The first-order valence-electron chi connectivity index (χ1n) is 7.70. The zero-order valence-electron chi connectivity index (χ0n) is 13.0. The third-order valence-corrected chi connectivity index (χ3v) is 8.73. The van der Waals surface area contributed by atoms with E-state index in [2.05, 4.69) is 73.7 Å². The smallest absolute Gasteiger partial charge is 1.00 e. The molecule has 0 N–H and O–H groups in total. The molecule has 0 aromatic heterocycles. The first-order valence-corrected chi connectivity index (χ1v) is 10.5. The molecule has 0 spiro atoms. The number of benzene rings is 2. The predicted octanol–water partition coefficient (Wildman–Crippen LogP) is -0.607. The van der Waals surface area contributed by atoms with Crippen LogP contribution in [0.3, 0.4) is 0 Å². The van der Waals surface area contributed by atoms with Crippen LogP contribution in [0.1, 0.15) is 42.8 Å². The molecule has 4 rings (SSSR count). The van der Waals surface area contributed by atoms with E-state index in [9.17, 15) is 0 Å². The van der Waals surface area contributed by atoms with E-state index >= 15 is 0 Å². The normalized spacial score (nSPS) is 19.8. The van der Waals surface area contributed by atoms with Crippen LogP contribution in [0.5, 0.6) is 0 Å². The fourth-order valence-electron chi connectivity index (χ4n) is 3.48.